The molecule has 0 atom stereocenters. The van der Waals surface area contributed by atoms with Gasteiger partial charge in [-0.3, -0.25) is 4.79 Å². The smallest absolute Gasteiger partial charge is 0.166 e. The van der Waals surface area contributed by atoms with E-state index < -0.39 is 0 Å². The summed E-state index contributed by atoms with van der Waals surface area (Å²) in [6.07, 6.45) is 0.546. The number of nitrogens with zero attached hydrogens (tertiary/aromatic N) is 4. The summed E-state index contributed by atoms with van der Waals surface area (Å²) in [4.78, 5) is 21.5. The Morgan fingerprint density at radius 3 is 2.41 bits per heavy atom. The molecule has 2 heterocycles. The molecule has 1 aliphatic rings. The van der Waals surface area contributed by atoms with Crippen molar-refractivity contribution < 1.29 is 9.21 Å². The van der Waals surface area contributed by atoms with Gasteiger partial charge in [0.05, 0.1) is 17.0 Å². The Kier molecular flexibility index (Phi) is 7.93. The summed E-state index contributed by atoms with van der Waals surface area (Å²) >= 11 is 0. The van der Waals surface area contributed by atoms with E-state index in [1.54, 1.807) is 7.05 Å². The number of likely N-dealkylation sites (N-methyl/N-ethyl adjacent to an activating group) is 1. The average molecular weight is 502 g/mol. The fourth-order valence-electron chi connectivity index (χ4n) is 4.61. The van der Waals surface area contributed by atoms with Crippen molar-refractivity contribution in [2.24, 2.45) is 21.6 Å². The third-order valence-electron chi connectivity index (χ3n) is 6.72. The van der Waals surface area contributed by atoms with Crippen LogP contribution in [0.15, 0.2) is 68.2 Å². The molecule has 0 saturated carbocycles. The van der Waals surface area contributed by atoms with Crippen LogP contribution in [0.2, 0.25) is 0 Å². The Hall–Kier alpha value is -4.11. The van der Waals surface area contributed by atoms with Gasteiger partial charge in [-0.2, -0.15) is 5.10 Å². The van der Waals surface area contributed by atoms with Crippen LogP contribution in [-0.2, 0) is 4.79 Å². The zero-order valence-corrected chi connectivity index (χ0v) is 21.9. The number of hydrogen-bond acceptors (Lipinski definition) is 8. The molecule has 1 aliphatic heterocycles. The monoisotopic (exact) mass is 501 g/mol. The Balaban J connectivity index is 1.81. The number of rotatable bonds is 8. The molecule has 3 aromatic rings. The minimum Gasteiger partial charge on any atom is -0.454 e. The third kappa shape index (κ3) is 5.51. The molecule has 5 N–H and O–H groups in total. The van der Waals surface area contributed by atoms with Gasteiger partial charge in [0, 0.05) is 49.9 Å². The lowest BCUT2D eigenvalue weighted by Gasteiger charge is -2.35. The molecule has 9 nitrogen and oxygen atoms in total. The normalized spacial score (nSPS) is 16.2. The quantitative estimate of drug-likeness (QED) is 0.142. The van der Waals surface area contributed by atoms with Gasteiger partial charge in [-0.15, -0.1) is 0 Å². The minimum absolute atomic E-state index is 0.0345. The van der Waals surface area contributed by atoms with Crippen LogP contribution < -0.4 is 21.8 Å². The number of aldehydes is 1. The van der Waals surface area contributed by atoms with Crippen LogP contribution in [0.1, 0.15) is 23.8 Å². The standard InChI is InChI=1S/C28H35N7O2/c1-5-34-12-14-35(15-13-34)21-9-7-20(8-10-21)32-26(25(23(29)17-36)28(30)33-31-4)27-19(3)22-16-18(2)6-11-24(22)37-27/h6-11,16-17,31H,5,12-15,29H2,1-4H3,(H2,30,33). The van der Waals surface area contributed by atoms with Gasteiger partial charge in [-0.1, -0.05) is 18.6 Å². The lowest BCUT2D eigenvalue weighted by molar-refractivity contribution is -0.105. The Bertz CT molecular complexity index is 1360. The number of hydrogen-bond donors (Lipinski definition) is 3. The van der Waals surface area contributed by atoms with Crippen LogP contribution in [-0.4, -0.2) is 62.5 Å². The van der Waals surface area contributed by atoms with Crippen LogP contribution in [0, 0.1) is 13.8 Å². The van der Waals surface area contributed by atoms with Crippen LogP contribution >= 0.6 is 0 Å². The number of amidine groups is 1. The van der Waals surface area contributed by atoms with Gasteiger partial charge in [0.15, 0.2) is 17.9 Å². The van der Waals surface area contributed by atoms with Gasteiger partial charge >= 0.3 is 0 Å². The first-order valence-electron chi connectivity index (χ1n) is 12.5. The molecule has 1 aromatic heterocycles. The molecular weight excluding hydrogens is 466 g/mol. The Morgan fingerprint density at radius 1 is 1.08 bits per heavy atom. The molecule has 9 heteroatoms. The highest BCUT2D eigenvalue weighted by Crippen LogP contribution is 2.31. The predicted molar refractivity (Wildman–Crippen MR) is 151 cm³/mol. The first-order valence-corrected chi connectivity index (χ1v) is 12.5. The topological polar surface area (TPSA) is 125 Å². The molecular formula is C28H35N7O2. The molecule has 1 saturated heterocycles. The number of allylic oxidation sites excluding steroid dienone is 1. The van der Waals surface area contributed by atoms with E-state index >= 15 is 0 Å². The van der Waals surface area contributed by atoms with Crippen molar-refractivity contribution in [2.75, 3.05) is 44.7 Å². The highest BCUT2D eigenvalue weighted by Gasteiger charge is 2.25. The molecule has 4 rings (SSSR count). The van der Waals surface area contributed by atoms with E-state index in [2.05, 4.69) is 45.4 Å². The maximum atomic E-state index is 11.8. The number of piperazine rings is 1. The molecule has 0 unspecified atom stereocenters. The largest absolute Gasteiger partial charge is 0.454 e. The van der Waals surface area contributed by atoms with Gasteiger partial charge in [0.2, 0.25) is 0 Å². The van der Waals surface area contributed by atoms with Gasteiger partial charge in [0.25, 0.3) is 0 Å². The predicted octanol–water partition coefficient (Wildman–Crippen LogP) is 3.22. The second kappa shape index (κ2) is 11.3. The molecule has 0 bridgehead atoms. The van der Waals surface area contributed by atoms with Crippen molar-refractivity contribution in [3.63, 3.8) is 0 Å². The summed E-state index contributed by atoms with van der Waals surface area (Å²) in [5.74, 6) is 0.515. The summed E-state index contributed by atoms with van der Waals surface area (Å²) in [5.41, 5.74) is 20.0. The first-order chi connectivity index (χ1) is 17.9. The zero-order valence-electron chi connectivity index (χ0n) is 21.9. The second-order valence-electron chi connectivity index (χ2n) is 9.12. The van der Waals surface area contributed by atoms with Gasteiger partial charge in [-0.05, 0) is 56.8 Å². The lowest BCUT2D eigenvalue weighted by Crippen LogP contribution is -2.46. The lowest BCUT2D eigenvalue weighted by atomic mass is 10.0. The van der Waals surface area contributed by atoms with Crippen LogP contribution in [0.4, 0.5) is 11.4 Å². The number of fused-ring (bicyclic) bond motifs is 1. The second-order valence-corrected chi connectivity index (χ2v) is 9.12. The van der Waals surface area contributed by atoms with Crippen LogP contribution in [0.5, 0.6) is 0 Å². The number of aryl methyl sites for hydroxylation is 2. The van der Waals surface area contributed by atoms with E-state index in [-0.39, 0.29) is 17.1 Å². The van der Waals surface area contributed by atoms with Crippen molar-refractivity contribution in [3.05, 3.63) is 70.6 Å². The van der Waals surface area contributed by atoms with Crippen LogP contribution in [0.3, 0.4) is 0 Å². The maximum absolute atomic E-state index is 11.8. The van der Waals surface area contributed by atoms with E-state index in [9.17, 15) is 4.79 Å². The molecule has 0 aliphatic carbocycles. The Labute approximate surface area is 217 Å². The summed E-state index contributed by atoms with van der Waals surface area (Å²) in [5, 5.41) is 5.04. The summed E-state index contributed by atoms with van der Waals surface area (Å²) in [6.45, 7) is 11.3. The summed E-state index contributed by atoms with van der Waals surface area (Å²) < 4.78 is 6.25. The van der Waals surface area contributed by atoms with Crippen molar-refractivity contribution in [1.82, 2.24) is 10.3 Å². The van der Waals surface area contributed by atoms with Crippen LogP contribution in [0.25, 0.3) is 11.0 Å². The van der Waals surface area contributed by atoms with Gasteiger partial charge in [0.1, 0.15) is 11.3 Å². The van der Waals surface area contributed by atoms with E-state index in [1.807, 2.05) is 38.1 Å². The van der Waals surface area contributed by atoms with E-state index in [1.165, 1.54) is 0 Å². The minimum atomic E-state index is -0.0864. The number of hydrazone groups is 1. The van der Waals surface area contributed by atoms with E-state index in [4.69, 9.17) is 20.9 Å². The molecule has 1 fully saturated rings. The van der Waals surface area contributed by atoms with Gasteiger partial charge in [-0.25, -0.2) is 4.99 Å². The number of benzene rings is 2. The maximum Gasteiger partial charge on any atom is 0.166 e. The highest BCUT2D eigenvalue weighted by atomic mass is 16.3. The number of nitrogens with two attached hydrogens (primary N) is 2. The first kappa shape index (κ1) is 26.0. The number of furan rings is 1. The summed E-state index contributed by atoms with van der Waals surface area (Å²) in [6, 6.07) is 14.0. The van der Waals surface area contributed by atoms with Crippen molar-refractivity contribution in [3.8, 4) is 0 Å². The van der Waals surface area contributed by atoms with Crippen molar-refractivity contribution in [1.29, 1.82) is 0 Å². The summed E-state index contributed by atoms with van der Waals surface area (Å²) in [7, 11) is 1.62. The SMILES string of the molecule is CCN1CCN(c2ccc(N=C(C(=C(N)C=O)/C(N)=N\NC)c3oc4ccc(C)cc4c3C)cc2)CC1. The third-order valence-corrected chi connectivity index (χ3v) is 6.72. The number of nitrogens with one attached hydrogen (secondary N) is 1. The zero-order chi connectivity index (χ0) is 26.5. The van der Waals surface area contributed by atoms with Crippen molar-refractivity contribution in [2.45, 2.75) is 20.8 Å². The number of aliphatic imine (C=N–C) groups is 1. The van der Waals surface area contributed by atoms with E-state index in [0.717, 1.165) is 54.9 Å². The van der Waals surface area contributed by atoms with Crippen molar-refractivity contribution >= 4 is 40.2 Å². The highest BCUT2D eigenvalue weighted by molar-refractivity contribution is 6.31. The number of carbonyl (C=O) groups excluding carboxylic acids is 1. The Morgan fingerprint density at radius 2 is 1.78 bits per heavy atom. The number of carbonyl (C=O) groups is 1. The molecule has 0 spiro atoms. The molecule has 0 amide bonds. The fraction of sp³-hybridized carbons (Fsp3) is 0.321. The fourth-order valence-corrected chi connectivity index (χ4v) is 4.61. The molecule has 2 aromatic carbocycles. The molecule has 37 heavy (non-hydrogen) atoms. The molecule has 0 radical (unpaired) electrons. The molecule has 194 valence electrons. The average Bonchev–Trinajstić information content (AvgIpc) is 3.24. The van der Waals surface area contributed by atoms with Gasteiger partial charge < -0.3 is 31.1 Å². The van der Waals surface area contributed by atoms with E-state index in [0.29, 0.717) is 29.0 Å². The number of anilines is 1.